The van der Waals surface area contributed by atoms with Crippen molar-refractivity contribution >= 4 is 34.7 Å². The number of carbonyl (C=O) groups is 2. The van der Waals surface area contributed by atoms with Gasteiger partial charge in [-0.25, -0.2) is 4.98 Å². The third-order valence-corrected chi connectivity index (χ3v) is 8.23. The number of nitrogens with one attached hydrogen (secondary N) is 1. The molecule has 1 aromatic heterocycles. The number of thioether (sulfide) groups is 1. The summed E-state index contributed by atoms with van der Waals surface area (Å²) < 4.78 is 6.00. The molecule has 184 valence electrons. The number of benzene rings is 2. The zero-order chi connectivity index (χ0) is 24.0. The Morgan fingerprint density at radius 2 is 1.80 bits per heavy atom. The van der Waals surface area contributed by atoms with Crippen LogP contribution in [0.2, 0.25) is 0 Å². The quantitative estimate of drug-likeness (QED) is 0.433. The monoisotopic (exact) mass is 491 g/mol. The molecule has 1 atom stereocenters. The van der Waals surface area contributed by atoms with Gasteiger partial charge in [-0.2, -0.15) is 0 Å². The van der Waals surface area contributed by atoms with Gasteiger partial charge in [0.1, 0.15) is 5.52 Å². The molecule has 7 heteroatoms. The number of hydrogen-bond acceptors (Lipinski definition) is 5. The maximum absolute atomic E-state index is 13.5. The number of carbonyl (C=O) groups excluding carboxylic acids is 2. The minimum atomic E-state index is 0.0107. The Labute approximate surface area is 210 Å². The number of likely N-dealkylation sites (tertiary alicyclic amines) is 1. The maximum Gasteiger partial charge on any atom is 0.255 e. The Morgan fingerprint density at radius 3 is 2.66 bits per heavy atom. The van der Waals surface area contributed by atoms with Crippen LogP contribution in [0.4, 0.5) is 0 Å². The van der Waals surface area contributed by atoms with E-state index in [9.17, 15) is 9.59 Å². The van der Waals surface area contributed by atoms with Gasteiger partial charge in [-0.1, -0.05) is 43.5 Å². The van der Waals surface area contributed by atoms with E-state index in [-0.39, 0.29) is 17.7 Å². The zero-order valence-electron chi connectivity index (χ0n) is 20.1. The zero-order valence-corrected chi connectivity index (χ0v) is 20.9. The van der Waals surface area contributed by atoms with Gasteiger partial charge in [-0.15, -0.1) is 11.8 Å². The first-order valence-corrected chi connectivity index (χ1v) is 13.8. The van der Waals surface area contributed by atoms with Crippen LogP contribution in [0.5, 0.6) is 0 Å². The topological polar surface area (TPSA) is 75.4 Å². The van der Waals surface area contributed by atoms with Crippen LogP contribution in [0.3, 0.4) is 0 Å². The molecule has 0 bridgehead atoms. The van der Waals surface area contributed by atoms with Crippen LogP contribution in [-0.4, -0.2) is 47.1 Å². The Kier molecular flexibility index (Phi) is 7.72. The van der Waals surface area contributed by atoms with Crippen molar-refractivity contribution in [2.75, 3.05) is 25.4 Å². The lowest BCUT2D eigenvalue weighted by atomic mass is 9.89. The molecule has 6 nitrogen and oxygen atoms in total. The van der Waals surface area contributed by atoms with Gasteiger partial charge in [0.25, 0.3) is 5.91 Å². The van der Waals surface area contributed by atoms with Gasteiger partial charge < -0.3 is 14.6 Å². The number of amides is 2. The standard InChI is InChI=1S/C28H33N3O3S/c32-26(29-17-20-9-2-1-3-10-20)19-35-25-15-7-4-12-22(25)28(33)31-16-8-11-21(18-31)27-30-23-13-5-6-14-24(23)34-27/h4-7,12-15,20-21H,1-3,8-11,16-19H2,(H,29,32). The van der Waals surface area contributed by atoms with Gasteiger partial charge in [-0.3, -0.25) is 9.59 Å². The summed E-state index contributed by atoms with van der Waals surface area (Å²) in [6.45, 7) is 2.08. The minimum absolute atomic E-state index is 0.0107. The van der Waals surface area contributed by atoms with Gasteiger partial charge in [0.15, 0.2) is 11.5 Å². The highest BCUT2D eigenvalue weighted by atomic mass is 32.2. The molecule has 1 aliphatic carbocycles. The maximum atomic E-state index is 13.5. The molecular weight excluding hydrogens is 458 g/mol. The molecule has 2 amide bonds. The van der Waals surface area contributed by atoms with E-state index in [0.29, 0.717) is 29.7 Å². The Bertz CT molecular complexity index is 1140. The molecule has 1 saturated carbocycles. The number of hydrogen-bond donors (Lipinski definition) is 1. The van der Waals surface area contributed by atoms with Crippen molar-refractivity contribution in [3.8, 4) is 0 Å². The highest BCUT2D eigenvalue weighted by molar-refractivity contribution is 8.00. The summed E-state index contributed by atoms with van der Waals surface area (Å²) in [7, 11) is 0. The summed E-state index contributed by atoms with van der Waals surface area (Å²) in [4.78, 5) is 33.4. The van der Waals surface area contributed by atoms with Crippen molar-refractivity contribution in [2.24, 2.45) is 5.92 Å². The number of aromatic nitrogens is 1. The molecule has 5 rings (SSSR count). The second-order valence-electron chi connectivity index (χ2n) is 9.70. The van der Waals surface area contributed by atoms with Gasteiger partial charge in [0.2, 0.25) is 5.91 Å². The smallest absolute Gasteiger partial charge is 0.255 e. The number of nitrogens with zero attached hydrogens (tertiary/aromatic N) is 2. The second-order valence-corrected chi connectivity index (χ2v) is 10.7. The van der Waals surface area contributed by atoms with Crippen LogP contribution in [0.1, 0.15) is 67.1 Å². The van der Waals surface area contributed by atoms with Gasteiger partial charge >= 0.3 is 0 Å². The Hall–Kier alpha value is -2.80. The molecule has 0 radical (unpaired) electrons. The molecule has 35 heavy (non-hydrogen) atoms. The van der Waals surface area contributed by atoms with Crippen LogP contribution in [0, 0.1) is 5.92 Å². The fourth-order valence-electron chi connectivity index (χ4n) is 5.21. The van der Waals surface area contributed by atoms with Crippen molar-refractivity contribution in [1.82, 2.24) is 15.2 Å². The average Bonchev–Trinajstić information content (AvgIpc) is 3.36. The molecule has 2 aliphatic rings. The predicted octanol–water partition coefficient (Wildman–Crippen LogP) is 5.64. The molecule has 2 heterocycles. The summed E-state index contributed by atoms with van der Waals surface area (Å²) in [6, 6.07) is 15.4. The van der Waals surface area contributed by atoms with E-state index in [0.717, 1.165) is 41.9 Å². The first kappa shape index (κ1) is 23.9. The Balaban J connectivity index is 1.20. The number of para-hydroxylation sites is 2. The first-order valence-electron chi connectivity index (χ1n) is 12.8. The summed E-state index contributed by atoms with van der Waals surface area (Å²) in [6.07, 6.45) is 8.15. The van der Waals surface area contributed by atoms with E-state index in [1.165, 1.54) is 43.9 Å². The predicted molar refractivity (Wildman–Crippen MR) is 139 cm³/mol. The van der Waals surface area contributed by atoms with E-state index < -0.39 is 0 Å². The van der Waals surface area contributed by atoms with Crippen LogP contribution >= 0.6 is 11.8 Å². The molecule has 1 aliphatic heterocycles. The number of oxazole rings is 1. The molecule has 1 N–H and O–H groups in total. The van der Waals surface area contributed by atoms with Gasteiger partial charge in [-0.05, 0) is 55.9 Å². The number of piperidine rings is 1. The summed E-state index contributed by atoms with van der Waals surface area (Å²) >= 11 is 1.44. The third kappa shape index (κ3) is 5.89. The lowest BCUT2D eigenvalue weighted by molar-refractivity contribution is -0.118. The van der Waals surface area contributed by atoms with Crippen molar-refractivity contribution in [1.29, 1.82) is 0 Å². The summed E-state index contributed by atoms with van der Waals surface area (Å²) in [5.41, 5.74) is 2.31. The SMILES string of the molecule is O=C(CSc1ccccc1C(=O)N1CCCC(c2nc3ccccc3o2)C1)NCC1CCCCC1. The number of rotatable bonds is 7. The molecular formula is C28H33N3O3S. The molecule has 0 spiro atoms. The molecule has 2 fully saturated rings. The summed E-state index contributed by atoms with van der Waals surface area (Å²) in [5, 5.41) is 3.10. The fraction of sp³-hybridized carbons (Fsp3) is 0.464. The van der Waals surface area contributed by atoms with Crippen molar-refractivity contribution in [3.63, 3.8) is 0 Å². The molecule has 1 saturated heterocycles. The Morgan fingerprint density at radius 1 is 1.00 bits per heavy atom. The molecule has 1 unspecified atom stereocenters. The van der Waals surface area contributed by atoms with E-state index in [2.05, 4.69) is 10.3 Å². The van der Waals surface area contributed by atoms with Crippen LogP contribution < -0.4 is 5.32 Å². The van der Waals surface area contributed by atoms with Crippen molar-refractivity contribution in [3.05, 3.63) is 60.0 Å². The molecule has 3 aromatic rings. The van der Waals surface area contributed by atoms with E-state index >= 15 is 0 Å². The first-order chi connectivity index (χ1) is 17.2. The highest BCUT2D eigenvalue weighted by Gasteiger charge is 2.29. The van der Waals surface area contributed by atoms with E-state index in [4.69, 9.17) is 4.42 Å². The highest BCUT2D eigenvalue weighted by Crippen LogP contribution is 2.31. The third-order valence-electron chi connectivity index (χ3n) is 7.16. The normalized spacial score (nSPS) is 19.1. The second kappa shape index (κ2) is 11.3. The molecule has 2 aromatic carbocycles. The van der Waals surface area contributed by atoms with Crippen LogP contribution in [0.25, 0.3) is 11.1 Å². The van der Waals surface area contributed by atoms with E-state index in [1.54, 1.807) is 0 Å². The number of fused-ring (bicyclic) bond motifs is 1. The van der Waals surface area contributed by atoms with Crippen molar-refractivity contribution < 1.29 is 14.0 Å². The lowest BCUT2D eigenvalue weighted by Gasteiger charge is -2.31. The largest absolute Gasteiger partial charge is 0.440 e. The minimum Gasteiger partial charge on any atom is -0.440 e. The average molecular weight is 492 g/mol. The van der Waals surface area contributed by atoms with Crippen LogP contribution in [-0.2, 0) is 4.79 Å². The summed E-state index contributed by atoms with van der Waals surface area (Å²) in [5.74, 6) is 1.78. The van der Waals surface area contributed by atoms with Crippen LogP contribution in [0.15, 0.2) is 57.8 Å². The fourth-order valence-corrected chi connectivity index (χ4v) is 6.09. The van der Waals surface area contributed by atoms with Gasteiger partial charge in [0.05, 0.1) is 17.2 Å². The van der Waals surface area contributed by atoms with Crippen molar-refractivity contribution in [2.45, 2.75) is 55.8 Å². The lowest BCUT2D eigenvalue weighted by Crippen LogP contribution is -2.39. The van der Waals surface area contributed by atoms with E-state index in [1.807, 2.05) is 53.4 Å². The van der Waals surface area contributed by atoms with Gasteiger partial charge in [0, 0.05) is 24.5 Å².